The molecule has 0 heterocycles. The summed E-state index contributed by atoms with van der Waals surface area (Å²) in [5, 5.41) is 3.11. The number of ether oxygens (including phenoxy) is 1. The molecule has 0 unspecified atom stereocenters. The van der Waals surface area contributed by atoms with Crippen molar-refractivity contribution in [3.63, 3.8) is 0 Å². The zero-order valence-electron chi connectivity index (χ0n) is 11.9. The standard InChI is InChI=1S/C16H17ClN2O2/c1-10-5-11(2)7-13(6-10)21-9-16(20)19-15-8-12(18)3-4-14(15)17/h3-8H,9,18H2,1-2H3,(H,19,20). The topological polar surface area (TPSA) is 64.3 Å². The van der Waals surface area contributed by atoms with Crippen LogP contribution in [0.3, 0.4) is 0 Å². The maximum atomic E-state index is 11.9. The Labute approximate surface area is 128 Å². The molecule has 0 aliphatic rings. The van der Waals surface area contributed by atoms with Crippen molar-refractivity contribution in [2.45, 2.75) is 13.8 Å². The second kappa shape index (κ2) is 6.50. The van der Waals surface area contributed by atoms with Crippen LogP contribution < -0.4 is 15.8 Å². The first-order valence-corrected chi connectivity index (χ1v) is 6.88. The number of carbonyl (C=O) groups excluding carboxylic acids is 1. The minimum Gasteiger partial charge on any atom is -0.484 e. The van der Waals surface area contributed by atoms with Crippen molar-refractivity contribution in [1.82, 2.24) is 0 Å². The molecule has 0 saturated heterocycles. The van der Waals surface area contributed by atoms with Gasteiger partial charge in [-0.15, -0.1) is 0 Å². The predicted molar refractivity (Wildman–Crippen MR) is 85.9 cm³/mol. The molecular formula is C16H17ClN2O2. The summed E-state index contributed by atoms with van der Waals surface area (Å²) in [6.45, 7) is 3.87. The highest BCUT2D eigenvalue weighted by Gasteiger charge is 2.07. The SMILES string of the molecule is Cc1cc(C)cc(OCC(=O)Nc2cc(N)ccc2Cl)c1. The number of carbonyl (C=O) groups is 1. The molecule has 0 aliphatic carbocycles. The van der Waals surface area contributed by atoms with Crippen molar-refractivity contribution < 1.29 is 9.53 Å². The molecule has 0 aromatic heterocycles. The third kappa shape index (κ3) is 4.39. The fraction of sp³-hybridized carbons (Fsp3) is 0.188. The highest BCUT2D eigenvalue weighted by atomic mass is 35.5. The van der Waals surface area contributed by atoms with Gasteiger partial charge in [0.05, 0.1) is 10.7 Å². The lowest BCUT2D eigenvalue weighted by atomic mass is 10.1. The van der Waals surface area contributed by atoms with E-state index in [1.165, 1.54) is 0 Å². The Hall–Kier alpha value is -2.20. The summed E-state index contributed by atoms with van der Waals surface area (Å²) in [5.41, 5.74) is 8.84. The fourth-order valence-corrected chi connectivity index (χ4v) is 2.15. The van der Waals surface area contributed by atoms with E-state index in [0.29, 0.717) is 22.1 Å². The van der Waals surface area contributed by atoms with E-state index >= 15 is 0 Å². The summed E-state index contributed by atoms with van der Waals surface area (Å²) >= 11 is 5.99. The summed E-state index contributed by atoms with van der Waals surface area (Å²) in [6, 6.07) is 10.7. The summed E-state index contributed by atoms with van der Waals surface area (Å²) in [6.07, 6.45) is 0. The van der Waals surface area contributed by atoms with E-state index in [4.69, 9.17) is 22.1 Å². The van der Waals surface area contributed by atoms with E-state index in [0.717, 1.165) is 11.1 Å². The highest BCUT2D eigenvalue weighted by molar-refractivity contribution is 6.33. The average molecular weight is 305 g/mol. The van der Waals surface area contributed by atoms with Gasteiger partial charge in [-0.3, -0.25) is 4.79 Å². The van der Waals surface area contributed by atoms with Crippen LogP contribution >= 0.6 is 11.6 Å². The van der Waals surface area contributed by atoms with Gasteiger partial charge in [0.15, 0.2) is 6.61 Å². The minimum atomic E-state index is -0.290. The highest BCUT2D eigenvalue weighted by Crippen LogP contribution is 2.24. The number of rotatable bonds is 4. The van der Waals surface area contributed by atoms with Gasteiger partial charge < -0.3 is 15.8 Å². The Bertz CT molecular complexity index is 651. The van der Waals surface area contributed by atoms with Crippen molar-refractivity contribution in [1.29, 1.82) is 0 Å². The molecule has 0 radical (unpaired) electrons. The molecule has 2 aromatic rings. The number of hydrogen-bond donors (Lipinski definition) is 2. The van der Waals surface area contributed by atoms with E-state index in [9.17, 15) is 4.79 Å². The van der Waals surface area contributed by atoms with Gasteiger partial charge in [-0.05, 0) is 55.3 Å². The zero-order valence-corrected chi connectivity index (χ0v) is 12.7. The van der Waals surface area contributed by atoms with Crippen LogP contribution in [0.25, 0.3) is 0 Å². The molecule has 21 heavy (non-hydrogen) atoms. The number of aryl methyl sites for hydroxylation is 2. The first kappa shape index (κ1) is 15.2. The molecule has 2 rings (SSSR count). The number of nitrogens with one attached hydrogen (secondary N) is 1. The van der Waals surface area contributed by atoms with Crippen molar-refractivity contribution in [2.75, 3.05) is 17.7 Å². The molecule has 0 atom stereocenters. The lowest BCUT2D eigenvalue weighted by molar-refractivity contribution is -0.118. The van der Waals surface area contributed by atoms with E-state index in [2.05, 4.69) is 5.32 Å². The second-order valence-electron chi connectivity index (χ2n) is 4.90. The number of nitrogen functional groups attached to an aromatic ring is 1. The largest absolute Gasteiger partial charge is 0.484 e. The Morgan fingerprint density at radius 1 is 1.19 bits per heavy atom. The number of hydrogen-bond acceptors (Lipinski definition) is 3. The van der Waals surface area contributed by atoms with Crippen LogP contribution in [0.4, 0.5) is 11.4 Å². The molecule has 5 heteroatoms. The molecule has 0 saturated carbocycles. The Morgan fingerprint density at radius 3 is 2.52 bits per heavy atom. The Kier molecular flexibility index (Phi) is 4.70. The monoisotopic (exact) mass is 304 g/mol. The average Bonchev–Trinajstić information content (AvgIpc) is 2.40. The van der Waals surface area contributed by atoms with E-state index in [1.807, 2.05) is 32.0 Å². The maximum absolute atomic E-state index is 11.9. The van der Waals surface area contributed by atoms with Gasteiger partial charge in [0.25, 0.3) is 5.91 Å². The van der Waals surface area contributed by atoms with Crippen LogP contribution in [0.1, 0.15) is 11.1 Å². The van der Waals surface area contributed by atoms with Crippen LogP contribution in [0.15, 0.2) is 36.4 Å². The van der Waals surface area contributed by atoms with Crippen molar-refractivity contribution in [3.8, 4) is 5.75 Å². The molecule has 0 fully saturated rings. The maximum Gasteiger partial charge on any atom is 0.262 e. The van der Waals surface area contributed by atoms with Gasteiger partial charge in [0.1, 0.15) is 5.75 Å². The van der Waals surface area contributed by atoms with Crippen molar-refractivity contribution >= 4 is 28.9 Å². The molecule has 0 spiro atoms. The van der Waals surface area contributed by atoms with Crippen LogP contribution in [-0.4, -0.2) is 12.5 Å². The molecule has 3 N–H and O–H groups in total. The van der Waals surface area contributed by atoms with Gasteiger partial charge in [0.2, 0.25) is 0 Å². The first-order chi connectivity index (χ1) is 9.94. The van der Waals surface area contributed by atoms with Gasteiger partial charge in [-0.25, -0.2) is 0 Å². The van der Waals surface area contributed by atoms with Crippen LogP contribution in [0.2, 0.25) is 5.02 Å². The number of amides is 1. The molecule has 110 valence electrons. The third-order valence-corrected chi connectivity index (χ3v) is 3.16. The van der Waals surface area contributed by atoms with E-state index in [1.54, 1.807) is 18.2 Å². The van der Waals surface area contributed by atoms with Crippen LogP contribution in [0, 0.1) is 13.8 Å². The fourth-order valence-electron chi connectivity index (χ4n) is 1.99. The van der Waals surface area contributed by atoms with Crippen molar-refractivity contribution in [3.05, 3.63) is 52.5 Å². The summed E-state index contributed by atoms with van der Waals surface area (Å²) in [7, 11) is 0. The second-order valence-corrected chi connectivity index (χ2v) is 5.31. The van der Waals surface area contributed by atoms with Gasteiger partial charge in [-0.2, -0.15) is 0 Å². The van der Waals surface area contributed by atoms with Gasteiger partial charge >= 0.3 is 0 Å². The quantitative estimate of drug-likeness (QED) is 0.849. The molecule has 0 bridgehead atoms. The number of benzene rings is 2. The van der Waals surface area contributed by atoms with E-state index < -0.39 is 0 Å². The number of nitrogens with two attached hydrogens (primary N) is 1. The van der Waals surface area contributed by atoms with E-state index in [-0.39, 0.29) is 12.5 Å². The van der Waals surface area contributed by atoms with Crippen molar-refractivity contribution in [2.24, 2.45) is 0 Å². The number of halogens is 1. The molecule has 0 aliphatic heterocycles. The Balaban J connectivity index is 1.97. The smallest absolute Gasteiger partial charge is 0.262 e. The predicted octanol–water partition coefficient (Wildman–Crippen LogP) is 3.56. The molecule has 4 nitrogen and oxygen atoms in total. The zero-order chi connectivity index (χ0) is 15.4. The molecule has 1 amide bonds. The summed E-state index contributed by atoms with van der Waals surface area (Å²) < 4.78 is 5.49. The third-order valence-electron chi connectivity index (χ3n) is 2.83. The molecular weight excluding hydrogens is 288 g/mol. The normalized spacial score (nSPS) is 10.2. The first-order valence-electron chi connectivity index (χ1n) is 6.50. The summed E-state index contributed by atoms with van der Waals surface area (Å²) in [5.74, 6) is 0.378. The lowest BCUT2D eigenvalue weighted by Crippen LogP contribution is -2.20. The summed E-state index contributed by atoms with van der Waals surface area (Å²) in [4.78, 5) is 11.9. The Morgan fingerprint density at radius 2 is 1.86 bits per heavy atom. The lowest BCUT2D eigenvalue weighted by Gasteiger charge is -2.10. The van der Waals surface area contributed by atoms with Gasteiger partial charge in [0, 0.05) is 5.69 Å². The number of anilines is 2. The van der Waals surface area contributed by atoms with Crippen LogP contribution in [-0.2, 0) is 4.79 Å². The minimum absolute atomic E-state index is 0.0893. The van der Waals surface area contributed by atoms with Crippen LogP contribution in [0.5, 0.6) is 5.75 Å². The molecule has 2 aromatic carbocycles. The van der Waals surface area contributed by atoms with Gasteiger partial charge in [-0.1, -0.05) is 17.7 Å².